The van der Waals surface area contributed by atoms with Gasteiger partial charge in [-0.25, -0.2) is 14.2 Å². The van der Waals surface area contributed by atoms with Crippen LogP contribution in [0.15, 0.2) is 83.5 Å². The Morgan fingerprint density at radius 2 is 1.72 bits per heavy atom. The highest BCUT2D eigenvalue weighted by atomic mass is 19.1. The fourth-order valence-corrected chi connectivity index (χ4v) is 2.88. The van der Waals surface area contributed by atoms with E-state index in [4.69, 9.17) is 9.47 Å². The number of benzene rings is 3. The van der Waals surface area contributed by atoms with Crippen molar-refractivity contribution in [3.8, 4) is 5.75 Å². The molecule has 0 saturated heterocycles. The number of carbonyl (C=O) groups is 1. The summed E-state index contributed by atoms with van der Waals surface area (Å²) in [7, 11) is 0. The van der Waals surface area contributed by atoms with Crippen LogP contribution >= 0.6 is 0 Å². The molecule has 29 heavy (non-hydrogen) atoms. The lowest BCUT2D eigenvalue weighted by atomic mass is 10.1. The van der Waals surface area contributed by atoms with E-state index in [9.17, 15) is 9.18 Å². The average Bonchev–Trinajstić information content (AvgIpc) is 3.09. The number of cyclic esters (lactones) is 1. The Labute approximate surface area is 167 Å². The molecule has 1 heterocycles. The number of ether oxygens (including phenoxy) is 2. The van der Waals surface area contributed by atoms with Crippen molar-refractivity contribution in [1.29, 1.82) is 0 Å². The van der Waals surface area contributed by atoms with Gasteiger partial charge in [0.1, 0.15) is 18.2 Å². The first-order chi connectivity index (χ1) is 14.1. The molecule has 3 aromatic rings. The number of rotatable bonds is 5. The molecule has 5 heteroatoms. The van der Waals surface area contributed by atoms with Crippen LogP contribution < -0.4 is 4.74 Å². The number of hydrogen-bond donors (Lipinski definition) is 0. The molecule has 0 atom stereocenters. The zero-order chi connectivity index (χ0) is 20.2. The predicted octanol–water partition coefficient (Wildman–Crippen LogP) is 5.06. The normalized spacial score (nSPS) is 14.6. The molecule has 3 aromatic carbocycles. The Kier molecular flexibility index (Phi) is 5.20. The molecule has 1 aliphatic rings. The fourth-order valence-electron chi connectivity index (χ4n) is 2.88. The van der Waals surface area contributed by atoms with Crippen molar-refractivity contribution < 1.29 is 18.7 Å². The van der Waals surface area contributed by atoms with E-state index in [1.54, 1.807) is 18.2 Å². The van der Waals surface area contributed by atoms with E-state index in [-0.39, 0.29) is 17.2 Å². The minimum atomic E-state index is -0.628. The van der Waals surface area contributed by atoms with E-state index in [2.05, 4.69) is 4.99 Å². The van der Waals surface area contributed by atoms with Gasteiger partial charge < -0.3 is 9.47 Å². The summed E-state index contributed by atoms with van der Waals surface area (Å²) < 4.78 is 25.1. The zero-order valence-corrected chi connectivity index (χ0v) is 15.8. The molecule has 0 amide bonds. The largest absolute Gasteiger partial charge is 0.488 e. The Morgan fingerprint density at radius 3 is 2.52 bits per heavy atom. The van der Waals surface area contributed by atoms with Gasteiger partial charge in [-0.15, -0.1) is 0 Å². The molecule has 0 fully saturated rings. The molecule has 0 N–H and O–H groups in total. The second-order valence-corrected chi connectivity index (χ2v) is 6.63. The Balaban J connectivity index is 1.58. The third kappa shape index (κ3) is 4.24. The standard InChI is InChI=1S/C24H18FNO3/c1-16-10-12-17(13-11-16)15-28-22-9-5-2-6-18(22)14-21-24(27)29-23(26-21)19-7-3-4-8-20(19)25/h2-14H,15H2,1H3. The molecule has 0 aromatic heterocycles. The van der Waals surface area contributed by atoms with Gasteiger partial charge in [-0.1, -0.05) is 60.2 Å². The van der Waals surface area contributed by atoms with Crippen LogP contribution in [-0.4, -0.2) is 11.9 Å². The van der Waals surface area contributed by atoms with Crippen molar-refractivity contribution in [3.63, 3.8) is 0 Å². The summed E-state index contributed by atoms with van der Waals surface area (Å²) in [5.74, 6) is -0.556. The highest BCUT2D eigenvalue weighted by Crippen LogP contribution is 2.26. The summed E-state index contributed by atoms with van der Waals surface area (Å²) in [5.41, 5.74) is 3.15. The molecule has 0 bridgehead atoms. The minimum Gasteiger partial charge on any atom is -0.488 e. The Morgan fingerprint density at radius 1 is 1.00 bits per heavy atom. The predicted molar refractivity (Wildman–Crippen MR) is 109 cm³/mol. The third-order valence-corrected chi connectivity index (χ3v) is 4.45. The molecule has 0 aliphatic carbocycles. The maximum atomic E-state index is 14.0. The molecule has 144 valence electrons. The van der Waals surface area contributed by atoms with E-state index in [1.807, 2.05) is 55.5 Å². The number of halogens is 1. The van der Waals surface area contributed by atoms with E-state index < -0.39 is 11.8 Å². The highest BCUT2D eigenvalue weighted by Gasteiger charge is 2.26. The number of esters is 1. The lowest BCUT2D eigenvalue weighted by Crippen LogP contribution is -2.07. The van der Waals surface area contributed by atoms with Crippen LogP contribution in [0.1, 0.15) is 22.3 Å². The van der Waals surface area contributed by atoms with Gasteiger partial charge in [0.15, 0.2) is 5.70 Å². The number of aliphatic imine (C=N–C) groups is 1. The summed E-state index contributed by atoms with van der Waals surface area (Å²) in [5, 5.41) is 0. The quantitative estimate of drug-likeness (QED) is 0.454. The lowest BCUT2D eigenvalue weighted by Gasteiger charge is -2.09. The molecule has 4 nitrogen and oxygen atoms in total. The highest BCUT2D eigenvalue weighted by molar-refractivity contribution is 6.13. The van der Waals surface area contributed by atoms with Gasteiger partial charge in [-0.05, 0) is 36.8 Å². The van der Waals surface area contributed by atoms with E-state index >= 15 is 0 Å². The van der Waals surface area contributed by atoms with Crippen LogP contribution in [0.3, 0.4) is 0 Å². The van der Waals surface area contributed by atoms with Gasteiger partial charge in [-0.3, -0.25) is 0 Å². The summed E-state index contributed by atoms with van der Waals surface area (Å²) >= 11 is 0. The first-order valence-electron chi connectivity index (χ1n) is 9.15. The molecule has 1 aliphatic heterocycles. The molecule has 0 spiro atoms. The van der Waals surface area contributed by atoms with Crippen LogP contribution in [0.25, 0.3) is 6.08 Å². The first kappa shape index (κ1) is 18.6. The molecular weight excluding hydrogens is 369 g/mol. The Bertz CT molecular complexity index is 1120. The molecular formula is C24H18FNO3. The van der Waals surface area contributed by atoms with Crippen molar-refractivity contribution in [2.24, 2.45) is 4.99 Å². The van der Waals surface area contributed by atoms with Gasteiger partial charge in [0.05, 0.1) is 5.56 Å². The van der Waals surface area contributed by atoms with Crippen molar-refractivity contribution in [2.45, 2.75) is 13.5 Å². The zero-order valence-electron chi connectivity index (χ0n) is 15.8. The number of carbonyl (C=O) groups excluding carboxylic acids is 1. The SMILES string of the molecule is Cc1ccc(COc2ccccc2C=C2N=C(c3ccccc3F)OC2=O)cc1. The number of hydrogen-bond acceptors (Lipinski definition) is 4. The van der Waals surface area contributed by atoms with Crippen molar-refractivity contribution in [3.05, 3.63) is 107 Å². The van der Waals surface area contributed by atoms with Crippen molar-refractivity contribution >= 4 is 17.9 Å². The van der Waals surface area contributed by atoms with Gasteiger partial charge in [-0.2, -0.15) is 0 Å². The monoisotopic (exact) mass is 387 g/mol. The van der Waals surface area contributed by atoms with Crippen LogP contribution in [0.5, 0.6) is 5.75 Å². The lowest BCUT2D eigenvalue weighted by molar-refractivity contribution is -0.129. The van der Waals surface area contributed by atoms with Gasteiger partial charge in [0.2, 0.25) is 5.90 Å². The third-order valence-electron chi connectivity index (χ3n) is 4.45. The topological polar surface area (TPSA) is 47.9 Å². The van der Waals surface area contributed by atoms with E-state index in [0.717, 1.165) is 5.56 Å². The van der Waals surface area contributed by atoms with Gasteiger partial charge in [0.25, 0.3) is 0 Å². The van der Waals surface area contributed by atoms with Crippen LogP contribution in [-0.2, 0) is 16.1 Å². The molecule has 0 saturated carbocycles. The van der Waals surface area contributed by atoms with Crippen molar-refractivity contribution in [2.75, 3.05) is 0 Å². The summed E-state index contributed by atoms with van der Waals surface area (Å²) in [6.07, 6.45) is 1.58. The fraction of sp³-hybridized carbons (Fsp3) is 0.0833. The summed E-state index contributed by atoms with van der Waals surface area (Å²) in [4.78, 5) is 16.4. The van der Waals surface area contributed by atoms with Crippen LogP contribution in [0.2, 0.25) is 0 Å². The van der Waals surface area contributed by atoms with E-state index in [0.29, 0.717) is 17.9 Å². The maximum Gasteiger partial charge on any atom is 0.363 e. The van der Waals surface area contributed by atoms with Gasteiger partial charge in [0, 0.05) is 5.56 Å². The smallest absolute Gasteiger partial charge is 0.363 e. The van der Waals surface area contributed by atoms with Crippen LogP contribution in [0.4, 0.5) is 4.39 Å². The minimum absolute atomic E-state index is 0.0441. The van der Waals surface area contributed by atoms with Crippen molar-refractivity contribution in [1.82, 2.24) is 0 Å². The Hall–Kier alpha value is -3.73. The van der Waals surface area contributed by atoms with Crippen LogP contribution in [0, 0.1) is 12.7 Å². The van der Waals surface area contributed by atoms with E-state index in [1.165, 1.54) is 17.7 Å². The molecule has 0 unspecified atom stereocenters. The summed E-state index contributed by atoms with van der Waals surface area (Å²) in [6.45, 7) is 2.43. The second kappa shape index (κ2) is 8.10. The second-order valence-electron chi connectivity index (χ2n) is 6.63. The maximum absolute atomic E-state index is 14.0. The summed E-state index contributed by atoms with van der Waals surface area (Å²) in [6, 6.07) is 21.4. The average molecular weight is 387 g/mol. The molecule has 4 rings (SSSR count). The number of nitrogens with zero attached hydrogens (tertiary/aromatic N) is 1. The molecule has 0 radical (unpaired) electrons. The number of aryl methyl sites for hydroxylation is 1. The number of para-hydroxylation sites is 1. The first-order valence-corrected chi connectivity index (χ1v) is 9.15. The van der Waals surface area contributed by atoms with Gasteiger partial charge >= 0.3 is 5.97 Å².